The van der Waals surface area contributed by atoms with E-state index in [2.05, 4.69) is 25.6 Å². The molecule has 0 aromatic carbocycles. The predicted molar refractivity (Wildman–Crippen MR) is 92.9 cm³/mol. The molecule has 3 aromatic heterocycles. The Hall–Kier alpha value is -2.61. The van der Waals surface area contributed by atoms with Gasteiger partial charge in [-0.15, -0.1) is 10.2 Å². The number of hydrogen-bond acceptors (Lipinski definition) is 6. The van der Waals surface area contributed by atoms with Gasteiger partial charge in [0, 0.05) is 24.5 Å². The summed E-state index contributed by atoms with van der Waals surface area (Å²) in [7, 11) is 1.88. The van der Waals surface area contributed by atoms with Crippen LogP contribution in [0.1, 0.15) is 29.8 Å². The van der Waals surface area contributed by atoms with E-state index >= 15 is 0 Å². The molecule has 0 unspecified atom stereocenters. The third-order valence-electron chi connectivity index (χ3n) is 3.93. The normalized spacial score (nSPS) is 12.2. The van der Waals surface area contributed by atoms with Crippen LogP contribution in [0.5, 0.6) is 0 Å². The van der Waals surface area contributed by atoms with Gasteiger partial charge in [0.1, 0.15) is 5.69 Å². The van der Waals surface area contributed by atoms with E-state index in [4.69, 9.17) is 0 Å². The van der Waals surface area contributed by atoms with Gasteiger partial charge in [-0.3, -0.25) is 19.8 Å². The lowest BCUT2D eigenvalue weighted by molar-refractivity contribution is -0.117. The quantitative estimate of drug-likeness (QED) is 0.788. The minimum absolute atomic E-state index is 0.127. The van der Waals surface area contributed by atoms with Crippen molar-refractivity contribution in [3.05, 3.63) is 41.3 Å². The number of hydrogen-bond donors (Lipinski definition) is 1. The fraction of sp³-hybridized carbons (Fsp3) is 0.312. The third kappa shape index (κ3) is 3.05. The molecule has 3 rings (SSSR count). The van der Waals surface area contributed by atoms with Crippen LogP contribution in [0.2, 0.25) is 0 Å². The first-order chi connectivity index (χ1) is 11.5. The molecule has 3 aromatic rings. The molecule has 0 spiro atoms. The Bertz CT molecular complexity index is 870. The summed E-state index contributed by atoms with van der Waals surface area (Å²) in [6, 6.07) is 5.59. The molecular weight excluding hydrogens is 324 g/mol. The van der Waals surface area contributed by atoms with E-state index in [1.807, 2.05) is 46.0 Å². The highest BCUT2D eigenvalue weighted by molar-refractivity contribution is 7.18. The molecule has 1 N–H and O–H groups in total. The highest BCUT2D eigenvalue weighted by Crippen LogP contribution is 2.27. The fourth-order valence-electron chi connectivity index (χ4n) is 2.63. The average molecular weight is 342 g/mol. The summed E-state index contributed by atoms with van der Waals surface area (Å²) in [6.07, 6.45) is 1.70. The van der Waals surface area contributed by atoms with Crippen molar-refractivity contribution in [2.75, 3.05) is 5.32 Å². The lowest BCUT2D eigenvalue weighted by atomic mass is 9.98. The molecule has 0 saturated heterocycles. The maximum absolute atomic E-state index is 12.5. The molecule has 0 aliphatic rings. The zero-order valence-corrected chi connectivity index (χ0v) is 14.8. The van der Waals surface area contributed by atoms with Gasteiger partial charge in [0.2, 0.25) is 11.0 Å². The van der Waals surface area contributed by atoms with Crippen LogP contribution in [0.4, 0.5) is 5.13 Å². The third-order valence-corrected chi connectivity index (χ3v) is 4.79. The van der Waals surface area contributed by atoms with Crippen molar-refractivity contribution >= 4 is 22.4 Å². The van der Waals surface area contributed by atoms with E-state index in [0.717, 1.165) is 22.6 Å². The Labute approximate surface area is 143 Å². The number of nitrogens with one attached hydrogen (secondary N) is 1. The van der Waals surface area contributed by atoms with Crippen LogP contribution in [-0.4, -0.2) is 30.9 Å². The maximum Gasteiger partial charge on any atom is 0.233 e. The first-order valence-electron chi connectivity index (χ1n) is 7.53. The summed E-state index contributed by atoms with van der Waals surface area (Å²) < 4.78 is 1.79. The van der Waals surface area contributed by atoms with Crippen molar-refractivity contribution in [1.29, 1.82) is 0 Å². The highest BCUT2D eigenvalue weighted by Gasteiger charge is 2.23. The molecule has 3 heterocycles. The van der Waals surface area contributed by atoms with Crippen LogP contribution in [0.3, 0.4) is 0 Å². The molecule has 0 saturated carbocycles. The summed E-state index contributed by atoms with van der Waals surface area (Å²) in [5.41, 5.74) is 3.54. The Morgan fingerprint density at radius 1 is 1.29 bits per heavy atom. The number of amides is 1. The number of aromatic nitrogens is 5. The van der Waals surface area contributed by atoms with E-state index in [0.29, 0.717) is 10.1 Å². The van der Waals surface area contributed by atoms with Crippen LogP contribution < -0.4 is 5.32 Å². The van der Waals surface area contributed by atoms with E-state index in [1.54, 1.807) is 10.9 Å². The standard InChI is InChI=1S/C16H18N6OS/c1-9(13-10(2)21-22(4)11(13)3)14(23)18-16-20-19-15(24-16)12-7-5-6-8-17-12/h5-9H,1-4H3,(H,18,20,23)/t9-/m0/s1. The lowest BCUT2D eigenvalue weighted by Crippen LogP contribution is -2.19. The van der Waals surface area contributed by atoms with Gasteiger partial charge in [-0.25, -0.2) is 0 Å². The first kappa shape index (κ1) is 16.3. The van der Waals surface area contributed by atoms with E-state index in [9.17, 15) is 4.79 Å². The van der Waals surface area contributed by atoms with Gasteiger partial charge in [0.25, 0.3) is 0 Å². The van der Waals surface area contributed by atoms with Gasteiger partial charge in [-0.05, 0) is 32.9 Å². The minimum atomic E-state index is -0.319. The molecule has 124 valence electrons. The zero-order chi connectivity index (χ0) is 17.3. The molecule has 0 fully saturated rings. The van der Waals surface area contributed by atoms with Crippen molar-refractivity contribution in [3.8, 4) is 10.7 Å². The largest absolute Gasteiger partial charge is 0.300 e. The van der Waals surface area contributed by atoms with Gasteiger partial charge in [-0.1, -0.05) is 17.4 Å². The van der Waals surface area contributed by atoms with Crippen molar-refractivity contribution < 1.29 is 4.79 Å². The van der Waals surface area contributed by atoms with E-state index in [-0.39, 0.29) is 11.8 Å². The van der Waals surface area contributed by atoms with Crippen LogP contribution in [0.15, 0.2) is 24.4 Å². The predicted octanol–water partition coefficient (Wildman–Crippen LogP) is 2.69. The fourth-order valence-corrected chi connectivity index (χ4v) is 3.35. The number of carbonyl (C=O) groups excluding carboxylic acids is 1. The van der Waals surface area contributed by atoms with Gasteiger partial charge < -0.3 is 0 Å². The van der Waals surface area contributed by atoms with Crippen LogP contribution in [-0.2, 0) is 11.8 Å². The Kier molecular flexibility index (Phi) is 4.39. The average Bonchev–Trinajstić information content (AvgIpc) is 3.13. The molecule has 7 nitrogen and oxygen atoms in total. The van der Waals surface area contributed by atoms with E-state index in [1.165, 1.54) is 11.3 Å². The number of anilines is 1. The Morgan fingerprint density at radius 2 is 2.08 bits per heavy atom. The number of aryl methyl sites for hydroxylation is 2. The Balaban J connectivity index is 1.77. The first-order valence-corrected chi connectivity index (χ1v) is 8.35. The van der Waals surface area contributed by atoms with Crippen LogP contribution >= 0.6 is 11.3 Å². The molecule has 1 atom stereocenters. The molecule has 0 radical (unpaired) electrons. The SMILES string of the molecule is Cc1nn(C)c(C)c1[C@H](C)C(=O)Nc1nnc(-c2ccccn2)s1. The minimum Gasteiger partial charge on any atom is -0.300 e. The van der Waals surface area contributed by atoms with Gasteiger partial charge >= 0.3 is 0 Å². The smallest absolute Gasteiger partial charge is 0.233 e. The van der Waals surface area contributed by atoms with Crippen molar-refractivity contribution in [3.63, 3.8) is 0 Å². The number of carbonyl (C=O) groups is 1. The molecule has 0 aliphatic carbocycles. The van der Waals surface area contributed by atoms with Crippen molar-refractivity contribution in [2.45, 2.75) is 26.7 Å². The second-order valence-corrected chi connectivity index (χ2v) is 6.52. The number of rotatable bonds is 4. The topological polar surface area (TPSA) is 85.6 Å². The van der Waals surface area contributed by atoms with Gasteiger partial charge in [0.05, 0.1) is 11.6 Å². The molecule has 8 heteroatoms. The maximum atomic E-state index is 12.5. The zero-order valence-electron chi connectivity index (χ0n) is 13.9. The number of pyridine rings is 1. The summed E-state index contributed by atoms with van der Waals surface area (Å²) >= 11 is 1.30. The highest BCUT2D eigenvalue weighted by atomic mass is 32.1. The molecule has 0 aliphatic heterocycles. The van der Waals surface area contributed by atoms with Crippen molar-refractivity contribution in [2.24, 2.45) is 7.05 Å². The van der Waals surface area contributed by atoms with Crippen LogP contribution in [0, 0.1) is 13.8 Å². The Morgan fingerprint density at radius 3 is 2.71 bits per heavy atom. The van der Waals surface area contributed by atoms with Crippen molar-refractivity contribution in [1.82, 2.24) is 25.0 Å². The number of nitrogens with zero attached hydrogens (tertiary/aromatic N) is 5. The van der Waals surface area contributed by atoms with E-state index < -0.39 is 0 Å². The van der Waals surface area contributed by atoms with Crippen LogP contribution in [0.25, 0.3) is 10.7 Å². The summed E-state index contributed by atoms with van der Waals surface area (Å²) in [4.78, 5) is 16.8. The summed E-state index contributed by atoms with van der Waals surface area (Å²) in [6.45, 7) is 5.74. The second kappa shape index (κ2) is 6.48. The van der Waals surface area contributed by atoms with Gasteiger partial charge in [0.15, 0.2) is 5.01 Å². The monoisotopic (exact) mass is 342 g/mol. The molecular formula is C16H18N6OS. The molecule has 1 amide bonds. The van der Waals surface area contributed by atoms with Gasteiger partial charge in [-0.2, -0.15) is 5.10 Å². The summed E-state index contributed by atoms with van der Waals surface area (Å²) in [5.74, 6) is -0.446. The molecule has 0 bridgehead atoms. The molecule has 24 heavy (non-hydrogen) atoms. The summed E-state index contributed by atoms with van der Waals surface area (Å²) in [5, 5.41) is 16.5. The lowest BCUT2D eigenvalue weighted by Gasteiger charge is -2.11. The second-order valence-electron chi connectivity index (χ2n) is 5.55.